The highest BCUT2D eigenvalue weighted by atomic mass is 16.6. The Balaban J connectivity index is 4.60. The van der Waals surface area contributed by atoms with E-state index in [0.717, 1.165) is 12.8 Å². The van der Waals surface area contributed by atoms with E-state index >= 15 is 0 Å². The molecule has 0 amide bonds. The third-order valence-electron chi connectivity index (χ3n) is 9.30. The second kappa shape index (κ2) is 31.9. The van der Waals surface area contributed by atoms with Crippen LogP contribution >= 0.6 is 0 Å². The minimum atomic E-state index is -1.61. The van der Waals surface area contributed by atoms with E-state index in [1.807, 2.05) is 0 Å². The zero-order valence-electron chi connectivity index (χ0n) is 28.0. The lowest BCUT2D eigenvalue weighted by molar-refractivity contribution is 0.171. The number of hydrogen-bond donors (Lipinski definition) is 2. The predicted octanol–water partition coefficient (Wildman–Crippen LogP) is 12.1. The summed E-state index contributed by atoms with van der Waals surface area (Å²) in [7, 11) is -1.61. The number of hydrogen-bond acceptors (Lipinski definition) is 3. The zero-order chi connectivity index (χ0) is 29.4. The van der Waals surface area contributed by atoms with Crippen molar-refractivity contribution in [1.29, 1.82) is 0 Å². The van der Waals surface area contributed by atoms with Crippen LogP contribution in [0.5, 0.6) is 0 Å². The minimum absolute atomic E-state index is 0.454. The van der Waals surface area contributed by atoms with Gasteiger partial charge in [0.15, 0.2) is 0 Å². The summed E-state index contributed by atoms with van der Waals surface area (Å²) in [6, 6.07) is 0. The van der Waals surface area contributed by atoms with Gasteiger partial charge in [0.2, 0.25) is 0 Å². The van der Waals surface area contributed by atoms with Gasteiger partial charge in [-0.2, -0.15) is 0 Å². The Kier molecular flexibility index (Phi) is 31.8. The SMILES string of the molecule is CCCCCCCCC(CCCCCCCC)(CCCCCCCC)CCCCCCCCCCCOB(O)O. The molecular formula is C36H75BO3. The Hall–Kier alpha value is -0.0551. The minimum Gasteiger partial charge on any atom is -0.402 e. The molecule has 3 nitrogen and oxygen atoms in total. The van der Waals surface area contributed by atoms with Gasteiger partial charge in [0.25, 0.3) is 0 Å². The van der Waals surface area contributed by atoms with Gasteiger partial charge in [0, 0.05) is 6.61 Å². The quantitative estimate of drug-likeness (QED) is 0.0601. The molecule has 0 saturated carbocycles. The van der Waals surface area contributed by atoms with Gasteiger partial charge >= 0.3 is 7.32 Å². The van der Waals surface area contributed by atoms with E-state index in [4.69, 9.17) is 14.7 Å². The molecule has 0 bridgehead atoms. The Labute approximate surface area is 253 Å². The largest absolute Gasteiger partial charge is 0.633 e. The first-order valence-corrected chi connectivity index (χ1v) is 18.6. The monoisotopic (exact) mass is 567 g/mol. The van der Waals surface area contributed by atoms with Gasteiger partial charge in [-0.1, -0.05) is 188 Å². The van der Waals surface area contributed by atoms with Crippen LogP contribution in [0.15, 0.2) is 0 Å². The summed E-state index contributed by atoms with van der Waals surface area (Å²) in [6.45, 7) is 7.44. The van der Waals surface area contributed by atoms with Crippen LogP contribution in [0.2, 0.25) is 0 Å². The molecule has 0 aliphatic heterocycles. The maximum Gasteiger partial charge on any atom is 0.633 e. The van der Waals surface area contributed by atoms with Crippen LogP contribution in [0.3, 0.4) is 0 Å². The Bertz CT molecular complexity index is 430. The molecule has 0 aliphatic carbocycles. The molecule has 0 aromatic carbocycles. The Morgan fingerprint density at radius 1 is 0.375 bits per heavy atom. The first-order valence-electron chi connectivity index (χ1n) is 18.6. The van der Waals surface area contributed by atoms with Crippen molar-refractivity contribution >= 4 is 7.32 Å². The summed E-state index contributed by atoms with van der Waals surface area (Å²) >= 11 is 0. The zero-order valence-corrected chi connectivity index (χ0v) is 28.0. The van der Waals surface area contributed by atoms with Crippen molar-refractivity contribution < 1.29 is 14.7 Å². The molecule has 0 radical (unpaired) electrons. The normalized spacial score (nSPS) is 11.9. The fraction of sp³-hybridized carbons (Fsp3) is 1.00. The molecule has 0 heterocycles. The Morgan fingerprint density at radius 3 is 0.900 bits per heavy atom. The molecule has 40 heavy (non-hydrogen) atoms. The van der Waals surface area contributed by atoms with E-state index in [2.05, 4.69) is 20.8 Å². The summed E-state index contributed by atoms with van der Waals surface area (Å²) < 4.78 is 4.79. The number of unbranched alkanes of at least 4 members (excludes halogenated alkanes) is 23. The maximum atomic E-state index is 8.73. The highest BCUT2D eigenvalue weighted by Gasteiger charge is 2.28. The van der Waals surface area contributed by atoms with E-state index in [9.17, 15) is 0 Å². The molecule has 0 saturated heterocycles. The smallest absolute Gasteiger partial charge is 0.402 e. The van der Waals surface area contributed by atoms with Crippen LogP contribution in [0.4, 0.5) is 0 Å². The molecular weight excluding hydrogens is 491 g/mol. The van der Waals surface area contributed by atoms with Crippen molar-refractivity contribution in [3.63, 3.8) is 0 Å². The summed E-state index contributed by atoms with van der Waals surface area (Å²) in [5.74, 6) is 0. The van der Waals surface area contributed by atoms with Crippen molar-refractivity contribution in [2.45, 2.75) is 220 Å². The topological polar surface area (TPSA) is 49.7 Å². The predicted molar refractivity (Wildman–Crippen MR) is 179 cm³/mol. The molecule has 0 fully saturated rings. The van der Waals surface area contributed by atoms with E-state index in [1.165, 1.54) is 186 Å². The van der Waals surface area contributed by atoms with E-state index < -0.39 is 7.32 Å². The van der Waals surface area contributed by atoms with Gasteiger partial charge < -0.3 is 14.7 Å². The lowest BCUT2D eigenvalue weighted by atomic mass is 9.70. The van der Waals surface area contributed by atoms with E-state index in [0.29, 0.717) is 12.0 Å². The fourth-order valence-electron chi connectivity index (χ4n) is 6.62. The van der Waals surface area contributed by atoms with Crippen molar-refractivity contribution in [1.82, 2.24) is 0 Å². The van der Waals surface area contributed by atoms with Gasteiger partial charge in [0.1, 0.15) is 0 Å². The average molecular weight is 567 g/mol. The first kappa shape index (κ1) is 39.9. The third-order valence-corrected chi connectivity index (χ3v) is 9.30. The lowest BCUT2D eigenvalue weighted by Gasteiger charge is -2.35. The van der Waals surface area contributed by atoms with Crippen LogP contribution in [0.1, 0.15) is 220 Å². The van der Waals surface area contributed by atoms with E-state index in [1.54, 1.807) is 0 Å². The summed E-state index contributed by atoms with van der Waals surface area (Å²) in [6.07, 6.45) is 43.4. The molecule has 2 N–H and O–H groups in total. The highest BCUT2D eigenvalue weighted by molar-refractivity contribution is 6.32. The van der Waals surface area contributed by atoms with E-state index in [-0.39, 0.29) is 0 Å². The van der Waals surface area contributed by atoms with Gasteiger partial charge in [-0.05, 0) is 37.5 Å². The first-order chi connectivity index (χ1) is 19.6. The molecule has 0 aliphatic rings. The number of rotatable bonds is 34. The van der Waals surface area contributed by atoms with Gasteiger partial charge in [-0.15, -0.1) is 0 Å². The molecule has 0 unspecified atom stereocenters. The third kappa shape index (κ3) is 28.1. The summed E-state index contributed by atoms with van der Waals surface area (Å²) in [5.41, 5.74) is 0.629. The molecule has 0 atom stereocenters. The molecule has 0 rings (SSSR count). The molecule has 0 spiro atoms. The molecule has 240 valence electrons. The second-order valence-corrected chi connectivity index (χ2v) is 13.2. The van der Waals surface area contributed by atoms with Crippen molar-refractivity contribution in [2.75, 3.05) is 6.61 Å². The second-order valence-electron chi connectivity index (χ2n) is 13.2. The molecule has 0 aromatic heterocycles. The van der Waals surface area contributed by atoms with Crippen LogP contribution in [0, 0.1) is 5.41 Å². The van der Waals surface area contributed by atoms with Crippen LogP contribution in [-0.4, -0.2) is 24.0 Å². The van der Waals surface area contributed by atoms with Crippen LogP contribution < -0.4 is 0 Å². The Morgan fingerprint density at radius 2 is 0.625 bits per heavy atom. The summed E-state index contributed by atoms with van der Waals surface area (Å²) in [5, 5.41) is 17.5. The highest BCUT2D eigenvalue weighted by Crippen LogP contribution is 2.42. The molecule has 0 aromatic rings. The standard InChI is InChI=1S/C36H75BO3/c1-4-7-10-13-21-26-31-36(32-27-22-14-11-8-5-2,33-28-23-15-12-9-6-3)34-29-24-19-17-16-18-20-25-30-35-40-37(38)39/h38-39H,4-35H2,1-3H3. The fourth-order valence-corrected chi connectivity index (χ4v) is 6.62. The van der Waals surface area contributed by atoms with Crippen molar-refractivity contribution in [3.8, 4) is 0 Å². The lowest BCUT2D eigenvalue weighted by Crippen LogP contribution is -2.21. The van der Waals surface area contributed by atoms with Crippen molar-refractivity contribution in [3.05, 3.63) is 0 Å². The van der Waals surface area contributed by atoms with Gasteiger partial charge in [0.05, 0.1) is 0 Å². The van der Waals surface area contributed by atoms with Crippen LogP contribution in [-0.2, 0) is 4.65 Å². The van der Waals surface area contributed by atoms with Gasteiger partial charge in [-0.25, -0.2) is 0 Å². The van der Waals surface area contributed by atoms with Gasteiger partial charge in [-0.3, -0.25) is 0 Å². The maximum absolute atomic E-state index is 8.73. The average Bonchev–Trinajstić information content (AvgIpc) is 2.94. The van der Waals surface area contributed by atoms with Crippen molar-refractivity contribution in [2.24, 2.45) is 5.41 Å². The molecule has 4 heteroatoms. The summed E-state index contributed by atoms with van der Waals surface area (Å²) in [4.78, 5) is 0. The van der Waals surface area contributed by atoms with Crippen LogP contribution in [0.25, 0.3) is 0 Å².